The van der Waals surface area contributed by atoms with Crippen molar-refractivity contribution in [3.63, 3.8) is 0 Å². The maximum Gasteiger partial charge on any atom is 0.0132 e. The molecule has 12 heavy (non-hydrogen) atoms. The number of nitrogens with zero attached hydrogens (tertiary/aromatic N) is 1. The van der Waals surface area contributed by atoms with E-state index in [-0.39, 0.29) is 0 Å². The third-order valence-electron chi connectivity index (χ3n) is 2.40. The van der Waals surface area contributed by atoms with Crippen molar-refractivity contribution < 1.29 is 0 Å². The monoisotopic (exact) mass is 168 g/mol. The van der Waals surface area contributed by atoms with E-state index in [1.54, 1.807) is 0 Å². The maximum atomic E-state index is 3.67. The smallest absolute Gasteiger partial charge is 0.0132 e. The minimum Gasteiger partial charge on any atom is -0.312 e. The van der Waals surface area contributed by atoms with Crippen molar-refractivity contribution in [3.8, 4) is 0 Å². The van der Waals surface area contributed by atoms with Gasteiger partial charge in [-0.15, -0.1) is 6.58 Å². The molecule has 1 aliphatic heterocycles. The Labute approximate surface area is 75.6 Å². The van der Waals surface area contributed by atoms with Crippen molar-refractivity contribution in [3.05, 3.63) is 12.7 Å². The number of hydrogen-bond donors (Lipinski definition) is 1. The van der Waals surface area contributed by atoms with Gasteiger partial charge in [-0.25, -0.2) is 0 Å². The zero-order chi connectivity index (χ0) is 8.81. The maximum absolute atomic E-state index is 3.67. The molecule has 2 heteroatoms. The highest BCUT2D eigenvalue weighted by Crippen LogP contribution is 2.13. The van der Waals surface area contributed by atoms with Gasteiger partial charge in [-0.2, -0.15) is 0 Å². The molecule has 1 heterocycles. The molecule has 0 aromatic heterocycles. The Morgan fingerprint density at radius 2 is 2.50 bits per heavy atom. The van der Waals surface area contributed by atoms with E-state index in [2.05, 4.69) is 23.7 Å². The summed E-state index contributed by atoms with van der Waals surface area (Å²) in [5.74, 6) is 0.907. The van der Waals surface area contributed by atoms with Gasteiger partial charge in [-0.3, -0.25) is 0 Å². The van der Waals surface area contributed by atoms with E-state index in [1.807, 2.05) is 6.08 Å². The Kier molecular flexibility index (Phi) is 4.33. The van der Waals surface area contributed by atoms with Gasteiger partial charge in [0.05, 0.1) is 0 Å². The first kappa shape index (κ1) is 9.75. The fourth-order valence-corrected chi connectivity index (χ4v) is 1.67. The molecule has 0 aliphatic carbocycles. The van der Waals surface area contributed by atoms with Gasteiger partial charge in [0.1, 0.15) is 0 Å². The quantitative estimate of drug-likeness (QED) is 0.488. The standard InChI is InChI=1S/C10H20N2/c1-3-5-11-6-8-12-7-4-10(2)9-12/h3,10-11H,1,4-9H2,2H3. The first-order valence-electron chi connectivity index (χ1n) is 4.87. The summed E-state index contributed by atoms with van der Waals surface area (Å²) >= 11 is 0. The lowest BCUT2D eigenvalue weighted by atomic mass is 10.2. The highest BCUT2D eigenvalue weighted by atomic mass is 15.2. The fraction of sp³-hybridized carbons (Fsp3) is 0.800. The van der Waals surface area contributed by atoms with Crippen LogP contribution in [0.3, 0.4) is 0 Å². The van der Waals surface area contributed by atoms with Crippen LogP contribution in [0, 0.1) is 5.92 Å². The molecular formula is C10H20N2. The van der Waals surface area contributed by atoms with Gasteiger partial charge in [0.2, 0.25) is 0 Å². The number of rotatable bonds is 5. The average Bonchev–Trinajstić information content (AvgIpc) is 2.45. The lowest BCUT2D eigenvalue weighted by molar-refractivity contribution is 0.327. The van der Waals surface area contributed by atoms with E-state index in [0.717, 1.165) is 19.0 Å². The van der Waals surface area contributed by atoms with E-state index in [1.165, 1.54) is 26.1 Å². The van der Waals surface area contributed by atoms with Gasteiger partial charge >= 0.3 is 0 Å². The summed E-state index contributed by atoms with van der Waals surface area (Å²) in [6, 6.07) is 0. The lowest BCUT2D eigenvalue weighted by Crippen LogP contribution is -2.30. The van der Waals surface area contributed by atoms with Crippen LogP contribution in [0.15, 0.2) is 12.7 Å². The van der Waals surface area contributed by atoms with Gasteiger partial charge in [0, 0.05) is 26.2 Å². The predicted molar refractivity (Wildman–Crippen MR) is 53.3 cm³/mol. The minimum absolute atomic E-state index is 0.907. The van der Waals surface area contributed by atoms with E-state index >= 15 is 0 Å². The predicted octanol–water partition coefficient (Wildman–Crippen LogP) is 1.10. The zero-order valence-electron chi connectivity index (χ0n) is 8.05. The fourth-order valence-electron chi connectivity index (χ4n) is 1.67. The topological polar surface area (TPSA) is 15.3 Å². The first-order valence-corrected chi connectivity index (χ1v) is 4.87. The normalized spacial score (nSPS) is 24.6. The van der Waals surface area contributed by atoms with Crippen molar-refractivity contribution in [2.24, 2.45) is 5.92 Å². The summed E-state index contributed by atoms with van der Waals surface area (Å²) in [7, 11) is 0. The third kappa shape index (κ3) is 3.37. The Bertz CT molecular complexity index is 134. The minimum atomic E-state index is 0.907. The molecule has 0 saturated carbocycles. The summed E-state index contributed by atoms with van der Waals surface area (Å²) < 4.78 is 0. The molecule has 1 aliphatic rings. The third-order valence-corrected chi connectivity index (χ3v) is 2.40. The van der Waals surface area contributed by atoms with Crippen LogP contribution >= 0.6 is 0 Å². The summed E-state index contributed by atoms with van der Waals surface area (Å²) in [5, 5.41) is 3.32. The van der Waals surface area contributed by atoms with Gasteiger partial charge in [-0.05, 0) is 18.9 Å². The van der Waals surface area contributed by atoms with Crippen molar-refractivity contribution in [2.45, 2.75) is 13.3 Å². The second kappa shape index (κ2) is 5.33. The van der Waals surface area contributed by atoms with E-state index in [0.29, 0.717) is 0 Å². The second-order valence-corrected chi connectivity index (χ2v) is 3.69. The van der Waals surface area contributed by atoms with Crippen LogP contribution < -0.4 is 5.32 Å². The molecular weight excluding hydrogens is 148 g/mol. The molecule has 1 saturated heterocycles. The molecule has 1 atom stereocenters. The molecule has 1 N–H and O–H groups in total. The molecule has 0 amide bonds. The summed E-state index contributed by atoms with van der Waals surface area (Å²) in [6.07, 6.45) is 3.29. The van der Waals surface area contributed by atoms with Crippen LogP contribution in [0.5, 0.6) is 0 Å². The van der Waals surface area contributed by atoms with Crippen LogP contribution in [0.1, 0.15) is 13.3 Å². The van der Waals surface area contributed by atoms with Crippen LogP contribution in [0.25, 0.3) is 0 Å². The Morgan fingerprint density at radius 3 is 3.08 bits per heavy atom. The van der Waals surface area contributed by atoms with Gasteiger partial charge < -0.3 is 10.2 Å². The largest absolute Gasteiger partial charge is 0.312 e. The number of nitrogens with one attached hydrogen (secondary N) is 1. The van der Waals surface area contributed by atoms with E-state index in [9.17, 15) is 0 Å². The molecule has 0 bridgehead atoms. The van der Waals surface area contributed by atoms with E-state index in [4.69, 9.17) is 0 Å². The molecule has 1 rings (SSSR count). The molecule has 0 aromatic carbocycles. The number of hydrogen-bond acceptors (Lipinski definition) is 2. The summed E-state index contributed by atoms with van der Waals surface area (Å²) in [5.41, 5.74) is 0. The van der Waals surface area contributed by atoms with Crippen molar-refractivity contribution in [1.82, 2.24) is 10.2 Å². The molecule has 0 spiro atoms. The molecule has 70 valence electrons. The Morgan fingerprint density at radius 1 is 1.67 bits per heavy atom. The molecule has 2 nitrogen and oxygen atoms in total. The van der Waals surface area contributed by atoms with Crippen LogP contribution in [-0.2, 0) is 0 Å². The molecule has 0 aromatic rings. The van der Waals surface area contributed by atoms with Crippen molar-refractivity contribution >= 4 is 0 Å². The van der Waals surface area contributed by atoms with Crippen molar-refractivity contribution in [2.75, 3.05) is 32.7 Å². The molecule has 1 fully saturated rings. The van der Waals surface area contributed by atoms with E-state index < -0.39 is 0 Å². The first-order chi connectivity index (χ1) is 5.83. The average molecular weight is 168 g/mol. The van der Waals surface area contributed by atoms with Crippen LogP contribution in [0.4, 0.5) is 0 Å². The highest BCUT2D eigenvalue weighted by Gasteiger charge is 2.17. The molecule has 1 unspecified atom stereocenters. The summed E-state index contributed by atoms with van der Waals surface area (Å²) in [6.45, 7) is 11.8. The van der Waals surface area contributed by atoms with Crippen molar-refractivity contribution in [1.29, 1.82) is 0 Å². The van der Waals surface area contributed by atoms with Crippen LogP contribution in [-0.4, -0.2) is 37.6 Å². The van der Waals surface area contributed by atoms with Gasteiger partial charge in [0.25, 0.3) is 0 Å². The van der Waals surface area contributed by atoms with Gasteiger partial charge in [-0.1, -0.05) is 13.0 Å². The highest BCUT2D eigenvalue weighted by molar-refractivity contribution is 4.74. The van der Waals surface area contributed by atoms with Gasteiger partial charge in [0.15, 0.2) is 0 Å². The Balaban J connectivity index is 1.96. The van der Waals surface area contributed by atoms with Crippen LogP contribution in [0.2, 0.25) is 0 Å². The SMILES string of the molecule is C=CCNCCN1CCC(C)C1. The lowest BCUT2D eigenvalue weighted by Gasteiger charge is -2.14. The second-order valence-electron chi connectivity index (χ2n) is 3.69. The summed E-state index contributed by atoms with van der Waals surface area (Å²) in [4.78, 5) is 2.53. The Hall–Kier alpha value is -0.340. The zero-order valence-corrected chi connectivity index (χ0v) is 8.05. The molecule has 0 radical (unpaired) electrons. The number of likely N-dealkylation sites (tertiary alicyclic amines) is 1.